The second-order valence-corrected chi connectivity index (χ2v) is 16.9. The standard InChI is InChI=1S/C46H40F12N4O4/c1-3-5-7-9-11-13-15-61-39(63)33-29-30-35(37-31(33)27-23(45(53,54)55)17-21(43(47,48)49)19-25(27)59-37)41(65)62(16-14-12-10-8-6-4-2)42(66)36(30)38-32(34(29)40(61)64)28-24(46(56,57)58)18-22(44(50,51)52)20-26(28)60-38/h17-20,59,66H,3-16H2,1-2H3. The van der Waals surface area contributed by atoms with Gasteiger partial charge in [0.05, 0.1) is 60.3 Å². The van der Waals surface area contributed by atoms with Crippen LogP contribution < -0.4 is 16.7 Å². The van der Waals surface area contributed by atoms with Crippen molar-refractivity contribution in [2.45, 2.75) is 129 Å². The number of nitrogens with one attached hydrogen (secondary N) is 1. The van der Waals surface area contributed by atoms with E-state index in [1.165, 1.54) is 0 Å². The summed E-state index contributed by atoms with van der Waals surface area (Å²) in [5.41, 5.74) is -14.3. The van der Waals surface area contributed by atoms with E-state index in [0.29, 0.717) is 42.4 Å². The van der Waals surface area contributed by atoms with Crippen molar-refractivity contribution in [3.8, 4) is 5.88 Å². The lowest BCUT2D eigenvalue weighted by Gasteiger charge is -2.19. The molecule has 4 aromatic heterocycles. The molecule has 8 aromatic rings. The number of hydrogen-bond acceptors (Lipinski definition) is 5. The molecule has 352 valence electrons. The van der Waals surface area contributed by atoms with Crippen molar-refractivity contribution in [3.05, 3.63) is 77.6 Å². The third-order valence-electron chi connectivity index (χ3n) is 12.6. The Hall–Kier alpha value is -5.82. The van der Waals surface area contributed by atoms with E-state index in [4.69, 9.17) is 0 Å². The van der Waals surface area contributed by atoms with Crippen LogP contribution in [0.2, 0.25) is 0 Å². The molecule has 0 atom stereocenters. The number of hydrogen-bond donors (Lipinski definition) is 2. The molecular weight excluding hydrogens is 901 g/mol. The summed E-state index contributed by atoms with van der Waals surface area (Å²) < 4.78 is 178. The summed E-state index contributed by atoms with van der Waals surface area (Å²) in [5, 5.41) is 4.25. The molecule has 0 saturated heterocycles. The van der Waals surface area contributed by atoms with E-state index in [2.05, 4.69) is 9.97 Å². The Balaban J connectivity index is 1.67. The normalized spacial score (nSPS) is 13.5. The topological polar surface area (TPSA) is 110 Å². The number of benzene rings is 4. The van der Waals surface area contributed by atoms with Gasteiger partial charge in [-0.25, -0.2) is 4.98 Å². The van der Waals surface area contributed by atoms with Gasteiger partial charge in [-0.1, -0.05) is 78.1 Å². The number of halogens is 12. The fraction of sp³-hybridized carbons (Fsp3) is 0.435. The van der Waals surface area contributed by atoms with Crippen LogP contribution in [-0.2, 0) is 37.8 Å². The second-order valence-electron chi connectivity index (χ2n) is 16.9. The van der Waals surface area contributed by atoms with Crippen LogP contribution in [0.4, 0.5) is 52.7 Å². The summed E-state index contributed by atoms with van der Waals surface area (Å²) in [7, 11) is 0. The Morgan fingerprint density at radius 3 is 1.47 bits per heavy atom. The summed E-state index contributed by atoms with van der Waals surface area (Å²) in [6, 6.07) is 0.259. The number of H-pyrrole nitrogens is 1. The van der Waals surface area contributed by atoms with Crippen LogP contribution in [-0.4, -0.2) is 24.2 Å². The predicted octanol–water partition coefficient (Wildman–Crippen LogP) is 13.5. The quantitative estimate of drug-likeness (QED) is 0.0641. The van der Waals surface area contributed by atoms with Crippen molar-refractivity contribution < 1.29 is 57.8 Å². The monoisotopic (exact) mass is 940 g/mol. The summed E-state index contributed by atoms with van der Waals surface area (Å²) in [5.74, 6) is -0.990. The highest BCUT2D eigenvalue weighted by Gasteiger charge is 2.43. The van der Waals surface area contributed by atoms with E-state index in [-0.39, 0.29) is 31.5 Å². The molecule has 4 aromatic carbocycles. The molecule has 0 bridgehead atoms. The van der Waals surface area contributed by atoms with E-state index in [0.717, 1.165) is 43.1 Å². The molecule has 8 nitrogen and oxygen atoms in total. The van der Waals surface area contributed by atoms with Gasteiger partial charge in [0.1, 0.15) is 0 Å². The van der Waals surface area contributed by atoms with E-state index >= 15 is 26.3 Å². The fourth-order valence-corrected chi connectivity index (χ4v) is 9.58. The van der Waals surface area contributed by atoms with Crippen LogP contribution in [0.1, 0.15) is 113 Å². The van der Waals surface area contributed by atoms with Gasteiger partial charge >= 0.3 is 24.7 Å². The number of nitrogens with zero attached hydrogens (tertiary/aromatic N) is 3. The van der Waals surface area contributed by atoms with Gasteiger partial charge in [0.25, 0.3) is 16.7 Å². The maximum absolute atomic E-state index is 15.1. The summed E-state index contributed by atoms with van der Waals surface area (Å²) in [6.07, 6.45) is -14.5. The van der Waals surface area contributed by atoms with Gasteiger partial charge in [-0.2, -0.15) is 52.7 Å². The minimum atomic E-state index is -5.58. The van der Waals surface area contributed by atoms with E-state index in [9.17, 15) is 45.8 Å². The number of unbranched alkanes of at least 4 members (excludes halogenated alkanes) is 10. The third-order valence-corrected chi connectivity index (χ3v) is 12.6. The molecule has 0 aliphatic heterocycles. The molecule has 20 heteroatoms. The molecule has 0 spiro atoms. The summed E-state index contributed by atoms with van der Waals surface area (Å²) in [4.78, 5) is 51.6. The Labute approximate surface area is 364 Å². The molecule has 4 heterocycles. The Bertz CT molecular complexity index is 3350. The lowest BCUT2D eigenvalue weighted by molar-refractivity contribution is -0.143. The molecule has 0 fully saturated rings. The zero-order valence-electron chi connectivity index (χ0n) is 35.3. The summed E-state index contributed by atoms with van der Waals surface area (Å²) in [6.45, 7) is 3.14. The molecule has 0 amide bonds. The van der Waals surface area contributed by atoms with Crippen molar-refractivity contribution in [2.75, 3.05) is 0 Å². The highest BCUT2D eigenvalue weighted by atomic mass is 19.4. The van der Waals surface area contributed by atoms with Crippen molar-refractivity contribution in [3.63, 3.8) is 0 Å². The van der Waals surface area contributed by atoms with Gasteiger partial charge in [-0.3, -0.25) is 23.5 Å². The third kappa shape index (κ3) is 7.60. The number of aromatic nitrogens is 4. The molecular formula is C46H40F12N4O4. The molecule has 0 saturated carbocycles. The van der Waals surface area contributed by atoms with Crippen molar-refractivity contribution >= 4 is 75.9 Å². The van der Waals surface area contributed by atoms with Crippen LogP contribution in [0.3, 0.4) is 0 Å². The van der Waals surface area contributed by atoms with Crippen LogP contribution in [0.25, 0.3) is 75.9 Å². The smallest absolute Gasteiger partial charge is 0.417 e. The molecule has 0 aliphatic rings. The fourth-order valence-electron chi connectivity index (χ4n) is 9.58. The van der Waals surface area contributed by atoms with Gasteiger partial charge in [-0.05, 0) is 37.1 Å². The van der Waals surface area contributed by atoms with Gasteiger partial charge in [0.15, 0.2) is 0 Å². The highest BCUT2D eigenvalue weighted by molar-refractivity contribution is 6.44. The average molecular weight is 941 g/mol. The number of rotatable bonds is 14. The molecule has 0 unspecified atom stereocenters. The SMILES string of the molecule is CCCCCCCCn1c(O)c2c3nc4cc(C(F)(F)F)cc(C(F)(F)F)c4c3c3c(=O)n(CCCCCCCC)c(=O)c4c5c([nH]c6cc(C(F)(F)F)cc(C(F)(F)F)c65)c(c1=O)c2c34. The number of aromatic amines is 1. The van der Waals surface area contributed by atoms with Crippen LogP contribution in [0.5, 0.6) is 5.88 Å². The minimum absolute atomic E-state index is 0.0853. The van der Waals surface area contributed by atoms with E-state index in [1.54, 1.807) is 0 Å². The highest BCUT2D eigenvalue weighted by Crippen LogP contribution is 2.52. The number of fused-ring (bicyclic) bond motifs is 10. The number of pyridine rings is 2. The molecule has 2 N–H and O–H groups in total. The number of aromatic hydroxyl groups is 1. The predicted molar refractivity (Wildman–Crippen MR) is 227 cm³/mol. The zero-order chi connectivity index (χ0) is 48.0. The van der Waals surface area contributed by atoms with Crippen molar-refractivity contribution in [2.24, 2.45) is 0 Å². The molecule has 0 aliphatic carbocycles. The largest absolute Gasteiger partial charge is 0.494 e. The molecule has 0 radical (unpaired) electrons. The van der Waals surface area contributed by atoms with Crippen LogP contribution >= 0.6 is 0 Å². The average Bonchev–Trinajstić information content (AvgIpc) is 3.80. The molecule has 8 rings (SSSR count). The first-order chi connectivity index (χ1) is 30.9. The second kappa shape index (κ2) is 16.5. The maximum atomic E-state index is 15.1. The lowest BCUT2D eigenvalue weighted by Crippen LogP contribution is -2.34. The molecule has 66 heavy (non-hydrogen) atoms. The van der Waals surface area contributed by atoms with Crippen molar-refractivity contribution in [1.82, 2.24) is 19.1 Å². The zero-order valence-corrected chi connectivity index (χ0v) is 35.3. The van der Waals surface area contributed by atoms with Crippen LogP contribution in [0, 0.1) is 0 Å². The van der Waals surface area contributed by atoms with Gasteiger partial charge in [-0.15, -0.1) is 0 Å². The van der Waals surface area contributed by atoms with Gasteiger partial charge in [0, 0.05) is 50.9 Å². The first kappa shape index (κ1) is 46.7. The Morgan fingerprint density at radius 2 is 0.939 bits per heavy atom. The summed E-state index contributed by atoms with van der Waals surface area (Å²) >= 11 is 0. The minimum Gasteiger partial charge on any atom is -0.494 e. The van der Waals surface area contributed by atoms with Gasteiger partial charge < -0.3 is 10.1 Å². The van der Waals surface area contributed by atoms with Crippen LogP contribution in [0.15, 0.2) is 38.6 Å². The van der Waals surface area contributed by atoms with E-state index < -0.39 is 152 Å². The lowest BCUT2D eigenvalue weighted by atomic mass is 9.88. The number of alkyl halides is 12. The maximum Gasteiger partial charge on any atom is 0.417 e. The first-order valence-electron chi connectivity index (χ1n) is 21.6. The Morgan fingerprint density at radius 1 is 0.485 bits per heavy atom. The van der Waals surface area contributed by atoms with Crippen molar-refractivity contribution in [1.29, 1.82) is 0 Å². The van der Waals surface area contributed by atoms with Gasteiger partial charge in [0.2, 0.25) is 5.88 Å². The first-order valence-corrected chi connectivity index (χ1v) is 21.6. The Kier molecular flexibility index (Phi) is 11.7. The van der Waals surface area contributed by atoms with E-state index in [1.807, 2.05) is 13.8 Å².